The van der Waals surface area contributed by atoms with Gasteiger partial charge in [0.15, 0.2) is 0 Å². The molecule has 5 heteroatoms. The molecule has 2 aliphatic carbocycles. The van der Waals surface area contributed by atoms with Gasteiger partial charge in [-0.3, -0.25) is 0 Å². The van der Waals surface area contributed by atoms with E-state index in [1.165, 1.54) is 11.1 Å². The molecule has 0 radical (unpaired) electrons. The highest BCUT2D eigenvalue weighted by Gasteiger charge is 2.26. The van der Waals surface area contributed by atoms with Crippen molar-refractivity contribution < 1.29 is 13.5 Å². The molecular formula is C16H23NO3S. The minimum atomic E-state index is -3.42. The summed E-state index contributed by atoms with van der Waals surface area (Å²) in [5.74, 6) is 0.339. The maximum atomic E-state index is 12.5. The number of nitrogens with one attached hydrogen (secondary N) is 1. The highest BCUT2D eigenvalue weighted by atomic mass is 32.2. The van der Waals surface area contributed by atoms with E-state index in [4.69, 9.17) is 5.11 Å². The normalized spacial score (nSPS) is 25.8. The number of hydrogen-bond donors (Lipinski definition) is 2. The molecular weight excluding hydrogens is 286 g/mol. The van der Waals surface area contributed by atoms with Crippen molar-refractivity contribution in [1.29, 1.82) is 0 Å². The first-order valence-electron chi connectivity index (χ1n) is 7.83. The zero-order valence-corrected chi connectivity index (χ0v) is 13.0. The van der Waals surface area contributed by atoms with Crippen LogP contribution in [0, 0.1) is 5.92 Å². The van der Waals surface area contributed by atoms with Gasteiger partial charge in [-0.25, -0.2) is 13.1 Å². The lowest BCUT2D eigenvalue weighted by Crippen LogP contribution is -2.38. The lowest BCUT2D eigenvalue weighted by molar-refractivity contribution is 0.180. The summed E-state index contributed by atoms with van der Waals surface area (Å²) >= 11 is 0. The fourth-order valence-electron chi connectivity index (χ4n) is 3.47. The lowest BCUT2D eigenvalue weighted by Gasteiger charge is -2.27. The number of fused-ring (bicyclic) bond motifs is 1. The highest BCUT2D eigenvalue weighted by Crippen LogP contribution is 2.27. The first-order valence-corrected chi connectivity index (χ1v) is 9.32. The summed E-state index contributed by atoms with van der Waals surface area (Å²) in [5, 5.41) is 9.14. The molecule has 116 valence electrons. The van der Waals surface area contributed by atoms with Crippen molar-refractivity contribution >= 4 is 10.0 Å². The summed E-state index contributed by atoms with van der Waals surface area (Å²) in [6.07, 6.45) is 6.60. The number of aliphatic hydroxyl groups excluding tert-OH is 1. The Morgan fingerprint density at radius 2 is 1.81 bits per heavy atom. The van der Waals surface area contributed by atoms with Crippen LogP contribution in [0.4, 0.5) is 0 Å². The van der Waals surface area contributed by atoms with E-state index in [0.29, 0.717) is 10.8 Å². The molecule has 1 aromatic rings. The van der Waals surface area contributed by atoms with E-state index in [9.17, 15) is 8.42 Å². The van der Waals surface area contributed by atoms with Crippen LogP contribution in [-0.4, -0.2) is 26.2 Å². The fourth-order valence-corrected chi connectivity index (χ4v) is 4.82. The van der Waals surface area contributed by atoms with Crippen LogP contribution >= 0.6 is 0 Å². The Morgan fingerprint density at radius 1 is 1.10 bits per heavy atom. The quantitative estimate of drug-likeness (QED) is 0.894. The van der Waals surface area contributed by atoms with Gasteiger partial charge in [-0.15, -0.1) is 0 Å². The largest absolute Gasteiger partial charge is 0.396 e. The second kappa shape index (κ2) is 6.07. The first-order chi connectivity index (χ1) is 10.1. The Morgan fingerprint density at radius 3 is 2.52 bits per heavy atom. The number of sulfonamides is 1. The zero-order valence-electron chi connectivity index (χ0n) is 12.2. The number of aliphatic hydroxyl groups is 1. The number of benzene rings is 1. The van der Waals surface area contributed by atoms with E-state index in [1.54, 1.807) is 6.07 Å². The van der Waals surface area contributed by atoms with Crippen molar-refractivity contribution in [2.45, 2.75) is 55.9 Å². The van der Waals surface area contributed by atoms with Gasteiger partial charge in [-0.2, -0.15) is 0 Å². The minimum absolute atomic E-state index is 0.00561. The van der Waals surface area contributed by atoms with E-state index in [0.717, 1.165) is 44.9 Å². The third-order valence-corrected chi connectivity index (χ3v) is 6.33. The van der Waals surface area contributed by atoms with Crippen LogP contribution in [-0.2, 0) is 22.9 Å². The molecule has 3 rings (SSSR count). The molecule has 1 fully saturated rings. The molecule has 4 nitrogen and oxygen atoms in total. The Bertz CT molecular complexity index is 604. The van der Waals surface area contributed by atoms with Gasteiger partial charge in [0.1, 0.15) is 0 Å². The van der Waals surface area contributed by atoms with Crippen molar-refractivity contribution in [2.75, 3.05) is 6.61 Å². The average Bonchev–Trinajstić information content (AvgIpc) is 2.95. The van der Waals surface area contributed by atoms with Gasteiger partial charge in [0, 0.05) is 12.6 Å². The number of aryl methyl sites for hydroxylation is 2. The van der Waals surface area contributed by atoms with Crippen molar-refractivity contribution in [1.82, 2.24) is 4.72 Å². The summed E-state index contributed by atoms with van der Waals surface area (Å²) in [6, 6.07) is 5.53. The van der Waals surface area contributed by atoms with Crippen LogP contribution in [0.15, 0.2) is 23.1 Å². The average molecular weight is 309 g/mol. The van der Waals surface area contributed by atoms with Gasteiger partial charge in [-0.1, -0.05) is 6.07 Å². The van der Waals surface area contributed by atoms with E-state index < -0.39 is 10.0 Å². The van der Waals surface area contributed by atoms with E-state index in [-0.39, 0.29) is 12.6 Å². The Labute approximate surface area is 126 Å². The Balaban J connectivity index is 1.70. The Hall–Kier alpha value is -0.910. The molecule has 1 aromatic carbocycles. The van der Waals surface area contributed by atoms with Crippen molar-refractivity contribution in [3.05, 3.63) is 29.3 Å². The van der Waals surface area contributed by atoms with E-state index in [1.807, 2.05) is 12.1 Å². The predicted octanol–water partition coefficient (Wildman–Crippen LogP) is 2.00. The molecule has 21 heavy (non-hydrogen) atoms. The fraction of sp³-hybridized carbons (Fsp3) is 0.625. The third-order valence-electron chi connectivity index (χ3n) is 4.81. The summed E-state index contributed by atoms with van der Waals surface area (Å²) in [6.45, 7) is 0.213. The van der Waals surface area contributed by atoms with Gasteiger partial charge in [0.25, 0.3) is 0 Å². The number of hydrogen-bond acceptors (Lipinski definition) is 3. The van der Waals surface area contributed by atoms with Crippen LogP contribution in [0.1, 0.15) is 43.2 Å². The minimum Gasteiger partial charge on any atom is -0.396 e. The third kappa shape index (κ3) is 3.30. The summed E-state index contributed by atoms with van der Waals surface area (Å²) < 4.78 is 27.8. The second-order valence-electron chi connectivity index (χ2n) is 6.31. The Kier molecular flexibility index (Phi) is 4.33. The first kappa shape index (κ1) is 15.0. The van der Waals surface area contributed by atoms with Gasteiger partial charge < -0.3 is 5.11 Å². The summed E-state index contributed by atoms with van der Waals surface area (Å²) in [5.41, 5.74) is 2.47. The molecule has 0 heterocycles. The van der Waals surface area contributed by atoms with Gasteiger partial charge in [-0.05, 0) is 74.1 Å². The van der Waals surface area contributed by atoms with Crippen LogP contribution in [0.2, 0.25) is 0 Å². The molecule has 0 aliphatic heterocycles. The SMILES string of the molecule is O=S(=O)(NC1CCC(CO)CC1)c1ccc2c(c1)CCC2. The molecule has 1 saturated carbocycles. The molecule has 0 spiro atoms. The van der Waals surface area contributed by atoms with Gasteiger partial charge >= 0.3 is 0 Å². The molecule has 0 amide bonds. The predicted molar refractivity (Wildman–Crippen MR) is 81.6 cm³/mol. The van der Waals surface area contributed by atoms with Crippen molar-refractivity contribution in [3.63, 3.8) is 0 Å². The summed E-state index contributed by atoms with van der Waals surface area (Å²) in [7, 11) is -3.42. The maximum absolute atomic E-state index is 12.5. The van der Waals surface area contributed by atoms with Crippen molar-refractivity contribution in [2.24, 2.45) is 5.92 Å². The molecule has 0 bridgehead atoms. The molecule has 0 unspecified atom stereocenters. The summed E-state index contributed by atoms with van der Waals surface area (Å²) in [4.78, 5) is 0.396. The highest BCUT2D eigenvalue weighted by molar-refractivity contribution is 7.89. The molecule has 0 aromatic heterocycles. The monoisotopic (exact) mass is 309 g/mol. The van der Waals surface area contributed by atoms with Crippen LogP contribution in [0.5, 0.6) is 0 Å². The molecule has 0 atom stereocenters. The van der Waals surface area contributed by atoms with Crippen LogP contribution in [0.3, 0.4) is 0 Å². The molecule has 0 saturated heterocycles. The standard InChI is InChI=1S/C16H23NO3S/c18-11-12-4-7-15(8-5-12)17-21(19,20)16-9-6-13-2-1-3-14(13)10-16/h6,9-10,12,15,17-18H,1-5,7-8,11H2. The van der Waals surface area contributed by atoms with E-state index >= 15 is 0 Å². The van der Waals surface area contributed by atoms with E-state index in [2.05, 4.69) is 4.72 Å². The molecule has 2 aliphatic rings. The number of rotatable bonds is 4. The smallest absolute Gasteiger partial charge is 0.240 e. The van der Waals surface area contributed by atoms with Crippen molar-refractivity contribution in [3.8, 4) is 0 Å². The van der Waals surface area contributed by atoms with Crippen LogP contribution in [0.25, 0.3) is 0 Å². The topological polar surface area (TPSA) is 66.4 Å². The maximum Gasteiger partial charge on any atom is 0.240 e. The van der Waals surface area contributed by atoms with Gasteiger partial charge in [0.2, 0.25) is 10.0 Å². The second-order valence-corrected chi connectivity index (χ2v) is 8.02. The van der Waals surface area contributed by atoms with Gasteiger partial charge in [0.05, 0.1) is 4.90 Å². The lowest BCUT2D eigenvalue weighted by atomic mass is 9.87. The molecule has 2 N–H and O–H groups in total. The zero-order chi connectivity index (χ0) is 14.9. The van der Waals surface area contributed by atoms with Crippen LogP contribution < -0.4 is 4.72 Å².